The number of benzene rings is 1. The summed E-state index contributed by atoms with van der Waals surface area (Å²) in [6.45, 7) is -1.50. The fourth-order valence-electron chi connectivity index (χ4n) is 0.307. The fraction of sp³-hybridized carbons (Fsp3) is 0.143. The molecule has 0 N–H and O–H groups in total. The highest BCUT2D eigenvalue weighted by Gasteiger charge is 1.81. The molecular weight excluding hydrogens is 164 g/mol. The van der Waals surface area contributed by atoms with E-state index >= 15 is 0 Å². The van der Waals surface area contributed by atoms with Gasteiger partial charge in [-0.2, -0.15) is 0 Å². The minimum Gasteiger partial charge on any atom is -0.0582 e. The van der Waals surface area contributed by atoms with E-state index in [0.717, 1.165) is 0 Å². The van der Waals surface area contributed by atoms with E-state index in [4.69, 9.17) is 8.22 Å². The SMILES string of the molecule is [2H]c1c([2H])c(C([2H])[2H])c([2H])c([2H])c1Br. The average Bonchev–Trinajstić information content (AvgIpc) is 2.11. The highest BCUT2D eigenvalue weighted by atomic mass is 79.9. The summed E-state index contributed by atoms with van der Waals surface area (Å²) in [5, 5.41) is 0. The van der Waals surface area contributed by atoms with Gasteiger partial charge in [0.05, 0.1) is 5.48 Å². The molecule has 1 aromatic carbocycles. The molecule has 0 atom stereocenters. The molecular formula is C7H7Br. The van der Waals surface area contributed by atoms with E-state index in [-0.39, 0.29) is 34.2 Å². The monoisotopic (exact) mass is 176 g/mol. The van der Waals surface area contributed by atoms with Crippen LogP contribution < -0.4 is 0 Å². The second-order valence-electron chi connectivity index (χ2n) is 1.23. The van der Waals surface area contributed by atoms with Crippen LogP contribution >= 0.6 is 15.9 Å². The number of halogens is 1. The smallest absolute Gasteiger partial charge is 0.0582 e. The molecule has 0 radical (unpaired) electrons. The van der Waals surface area contributed by atoms with E-state index in [2.05, 4.69) is 15.9 Å². The second-order valence-corrected chi connectivity index (χ2v) is 2.02. The first-order valence-corrected chi connectivity index (χ1v) is 2.77. The first-order valence-electron chi connectivity index (χ1n) is 5.13. The van der Waals surface area contributed by atoms with Gasteiger partial charge >= 0.3 is 0 Å². The zero-order valence-corrected chi connectivity index (χ0v) is 5.54. The summed E-state index contributed by atoms with van der Waals surface area (Å²) >= 11 is 2.93. The quantitative estimate of drug-likeness (QED) is 0.571. The predicted octanol–water partition coefficient (Wildman–Crippen LogP) is 2.76. The Bertz CT molecular complexity index is 346. The lowest BCUT2D eigenvalue weighted by atomic mass is 10.2. The summed E-state index contributed by atoms with van der Waals surface area (Å²) in [6.07, 6.45) is 0. The van der Waals surface area contributed by atoms with Crippen LogP contribution in [0.2, 0.25) is 0 Å². The molecule has 0 bridgehead atoms. The third-order valence-electron chi connectivity index (χ3n) is 0.614. The highest BCUT2D eigenvalue weighted by Crippen LogP contribution is 2.08. The van der Waals surface area contributed by atoms with E-state index < -0.39 is 6.88 Å². The van der Waals surface area contributed by atoms with Gasteiger partial charge in [0.2, 0.25) is 0 Å². The van der Waals surface area contributed by atoms with Crippen molar-refractivity contribution >= 4 is 15.9 Å². The first kappa shape index (κ1) is 1.84. The maximum Gasteiger partial charge on any atom is 0.0635 e. The van der Waals surface area contributed by atoms with Gasteiger partial charge in [-0.3, -0.25) is 0 Å². The highest BCUT2D eigenvalue weighted by molar-refractivity contribution is 9.10. The van der Waals surface area contributed by atoms with E-state index in [0.29, 0.717) is 0 Å². The van der Waals surface area contributed by atoms with Crippen LogP contribution in [0.3, 0.4) is 0 Å². The van der Waals surface area contributed by atoms with Crippen LogP contribution in [-0.2, 0) is 0 Å². The molecule has 0 aromatic heterocycles. The number of hydrogen-bond acceptors (Lipinski definition) is 0. The average molecular weight is 177 g/mol. The maximum absolute atomic E-state index is 7.44. The lowest BCUT2D eigenvalue weighted by Gasteiger charge is -1.88. The van der Waals surface area contributed by atoms with Crippen molar-refractivity contribution in [2.24, 2.45) is 0 Å². The van der Waals surface area contributed by atoms with Crippen molar-refractivity contribution in [1.29, 1.82) is 0 Å². The molecule has 1 aromatic rings. The van der Waals surface area contributed by atoms with Crippen molar-refractivity contribution in [2.75, 3.05) is 0 Å². The number of rotatable bonds is 0. The third-order valence-corrected chi connectivity index (χ3v) is 1.01. The molecule has 0 aliphatic heterocycles. The summed E-state index contributed by atoms with van der Waals surface area (Å²) in [4.78, 5) is 0. The van der Waals surface area contributed by atoms with Gasteiger partial charge in [-0.1, -0.05) is 33.6 Å². The van der Waals surface area contributed by atoms with Gasteiger partial charge in [0.15, 0.2) is 0 Å². The molecule has 0 unspecified atom stereocenters. The Morgan fingerprint density at radius 1 is 1.50 bits per heavy atom. The maximum atomic E-state index is 7.44. The third kappa shape index (κ3) is 1.34. The van der Waals surface area contributed by atoms with Crippen molar-refractivity contribution in [1.82, 2.24) is 0 Å². The van der Waals surface area contributed by atoms with Crippen LogP contribution in [0.4, 0.5) is 0 Å². The topological polar surface area (TPSA) is 0 Å². The summed E-state index contributed by atoms with van der Waals surface area (Å²) in [7, 11) is 0. The van der Waals surface area contributed by atoms with Gasteiger partial charge in [-0.15, -0.1) is 0 Å². The van der Waals surface area contributed by atoms with E-state index in [1.165, 1.54) is 0 Å². The van der Waals surface area contributed by atoms with Crippen molar-refractivity contribution in [3.05, 3.63) is 34.2 Å². The lowest BCUT2D eigenvalue weighted by Crippen LogP contribution is -1.66. The largest absolute Gasteiger partial charge is 0.0635 e. The minimum absolute atomic E-state index is 0.0666. The second kappa shape index (κ2) is 2.31. The molecule has 1 heteroatoms. The van der Waals surface area contributed by atoms with Crippen molar-refractivity contribution in [3.8, 4) is 0 Å². The van der Waals surface area contributed by atoms with E-state index in [1.54, 1.807) is 0 Å². The normalized spacial score (nSPS) is 20.2. The van der Waals surface area contributed by atoms with Gasteiger partial charge in [0.25, 0.3) is 0 Å². The fourth-order valence-corrected chi connectivity index (χ4v) is 0.505. The van der Waals surface area contributed by atoms with Gasteiger partial charge in [0, 0.05) is 7.21 Å². The molecule has 42 valence electrons. The minimum atomic E-state index is -1.50. The van der Waals surface area contributed by atoms with Crippen LogP contribution in [-0.4, -0.2) is 0 Å². The Morgan fingerprint density at radius 3 is 2.62 bits per heavy atom. The summed E-state index contributed by atoms with van der Waals surface area (Å²) in [6, 6.07) is -1.14. The standard InChI is InChI=1S/C7H7Br/c1-6-2-4-7(8)5-3-6/h2-5H,1H3/i1D2,2D,3D,4D,5D. The van der Waals surface area contributed by atoms with Crippen LogP contribution in [0.1, 0.15) is 13.8 Å². The van der Waals surface area contributed by atoms with Crippen LogP contribution in [0.5, 0.6) is 0 Å². The molecule has 0 aliphatic rings. The molecule has 0 aliphatic carbocycles. The van der Waals surface area contributed by atoms with Crippen molar-refractivity contribution in [3.63, 3.8) is 0 Å². The summed E-state index contributed by atoms with van der Waals surface area (Å²) in [5.41, 5.74) is -0.191. The molecule has 0 spiro atoms. The van der Waals surface area contributed by atoms with Crippen molar-refractivity contribution < 1.29 is 8.22 Å². The van der Waals surface area contributed by atoms with Crippen LogP contribution in [0.25, 0.3) is 0 Å². The van der Waals surface area contributed by atoms with Gasteiger partial charge in [-0.25, -0.2) is 0 Å². The summed E-state index contributed by atoms with van der Waals surface area (Å²) < 4.78 is 44.0. The zero-order chi connectivity index (χ0) is 11.0. The van der Waals surface area contributed by atoms with Gasteiger partial charge < -0.3 is 0 Å². The van der Waals surface area contributed by atoms with E-state index in [9.17, 15) is 0 Å². The Kier molecular flexibility index (Phi) is 0.533. The molecule has 0 heterocycles. The molecule has 0 saturated heterocycles. The summed E-state index contributed by atoms with van der Waals surface area (Å²) in [5.74, 6) is 0. The molecule has 8 heavy (non-hydrogen) atoms. The van der Waals surface area contributed by atoms with E-state index in [1.807, 2.05) is 0 Å². The number of hydrogen-bond donors (Lipinski definition) is 0. The lowest BCUT2D eigenvalue weighted by molar-refractivity contribution is 1.46. The Hall–Kier alpha value is -0.300. The Morgan fingerprint density at radius 2 is 2.12 bits per heavy atom. The van der Waals surface area contributed by atoms with Crippen molar-refractivity contribution in [2.45, 2.75) is 6.88 Å². The molecule has 1 rings (SSSR count). The molecule has 0 saturated carbocycles. The first-order chi connectivity index (χ1) is 6.37. The Labute approximate surface area is 66.1 Å². The van der Waals surface area contributed by atoms with Crippen LogP contribution in [0, 0.1) is 6.88 Å². The molecule has 0 amide bonds. The van der Waals surface area contributed by atoms with Gasteiger partial charge in [0.1, 0.15) is 0 Å². The zero-order valence-electron chi connectivity index (χ0n) is 9.96. The molecule has 0 nitrogen and oxygen atoms in total. The van der Waals surface area contributed by atoms with Crippen LogP contribution in [0.15, 0.2) is 28.6 Å². The molecule has 0 fully saturated rings. The Balaban J connectivity index is 3.60. The van der Waals surface area contributed by atoms with Gasteiger partial charge in [-0.05, 0) is 19.0 Å². The predicted molar refractivity (Wildman–Crippen MR) is 38.9 cm³/mol.